The smallest absolute Gasteiger partial charge is 0.220 e. The van der Waals surface area contributed by atoms with Gasteiger partial charge in [0, 0.05) is 32.9 Å². The van der Waals surface area contributed by atoms with Crippen LogP contribution in [-0.2, 0) is 23.8 Å². The molecule has 7 N–H and O–H groups in total. The highest BCUT2D eigenvalue weighted by Crippen LogP contribution is 2.21. The maximum absolute atomic E-state index is 11.5. The van der Waals surface area contributed by atoms with Gasteiger partial charge in [0.2, 0.25) is 11.8 Å². The fourth-order valence-corrected chi connectivity index (χ4v) is 2.29. The second kappa shape index (κ2) is 16.6. The summed E-state index contributed by atoms with van der Waals surface area (Å²) in [5.74, 6) is -0.407. The molecule has 0 saturated carbocycles. The minimum Gasteiger partial charge on any atom is -0.394 e. The summed E-state index contributed by atoms with van der Waals surface area (Å²) in [5, 5.41) is 39.5. The summed E-state index contributed by atoms with van der Waals surface area (Å²) in [4.78, 5) is 20.8. The van der Waals surface area contributed by atoms with E-state index in [-0.39, 0.29) is 38.1 Å². The molecule has 1 heterocycles. The van der Waals surface area contributed by atoms with Crippen LogP contribution in [0.2, 0.25) is 0 Å². The van der Waals surface area contributed by atoms with Gasteiger partial charge in [0.25, 0.3) is 0 Å². The number of unbranched alkanes of at least 4 members (excludes halogenated alkanes) is 1. The molecule has 1 fully saturated rings. The number of ether oxygens (including phenoxy) is 3. The van der Waals surface area contributed by atoms with Crippen molar-refractivity contribution in [3.05, 3.63) is 0 Å². The number of nitrogens with one attached hydrogen (secondary N) is 1. The Morgan fingerprint density at radius 2 is 1.86 bits per heavy atom. The van der Waals surface area contributed by atoms with Gasteiger partial charge in [-0.15, -0.1) is 0 Å². The van der Waals surface area contributed by atoms with Gasteiger partial charge < -0.3 is 45.7 Å². The third-order valence-corrected chi connectivity index (χ3v) is 3.62. The summed E-state index contributed by atoms with van der Waals surface area (Å²) >= 11 is 0. The zero-order valence-electron chi connectivity index (χ0n) is 16.3. The highest BCUT2D eigenvalue weighted by atomic mass is 16.7. The number of carbonyl (C=O) groups is 2. The molecule has 0 aliphatic carbocycles. The van der Waals surface area contributed by atoms with Gasteiger partial charge in [0.15, 0.2) is 6.29 Å². The molecule has 0 spiro atoms. The summed E-state index contributed by atoms with van der Waals surface area (Å²) < 4.78 is 15.8. The first-order chi connectivity index (χ1) is 13.3. The standard InChI is InChI=1S/C15H29NO8.C2H5NO/c17-5-8-22-7-4-16-13(20)3-1-2-6-23-14-9-11(19)15(21)12(10-18)24-14;1-2(3)4/h11-12,14-15,17-19,21H,1-10H2,(H,16,20);1H3,(H2,3,4)/t11-,12-,14-,15-;/m1./s1. The van der Waals surface area contributed by atoms with Crippen LogP contribution in [-0.4, -0.2) is 96.4 Å². The lowest BCUT2D eigenvalue weighted by Crippen LogP contribution is -2.50. The van der Waals surface area contributed by atoms with Gasteiger partial charge in [-0.1, -0.05) is 0 Å². The molecule has 1 aliphatic heterocycles. The Balaban J connectivity index is 0.00000165. The van der Waals surface area contributed by atoms with Crippen LogP contribution in [0, 0.1) is 0 Å². The molecular formula is C17H34N2O9. The zero-order valence-corrected chi connectivity index (χ0v) is 16.3. The number of nitrogens with two attached hydrogens (primary N) is 1. The van der Waals surface area contributed by atoms with Gasteiger partial charge in [0.05, 0.1) is 32.5 Å². The van der Waals surface area contributed by atoms with Crippen LogP contribution in [0.4, 0.5) is 0 Å². The number of aliphatic hydroxyl groups is 4. The molecule has 1 aliphatic rings. The van der Waals surface area contributed by atoms with E-state index < -0.39 is 24.6 Å². The number of hydrogen-bond donors (Lipinski definition) is 6. The Morgan fingerprint density at radius 1 is 1.18 bits per heavy atom. The van der Waals surface area contributed by atoms with Gasteiger partial charge in [0.1, 0.15) is 12.2 Å². The number of carbonyl (C=O) groups excluding carboxylic acids is 2. The van der Waals surface area contributed by atoms with Crippen LogP contribution in [0.1, 0.15) is 32.6 Å². The minimum absolute atomic E-state index is 0.0340. The summed E-state index contributed by atoms with van der Waals surface area (Å²) in [5.41, 5.74) is 4.47. The van der Waals surface area contributed by atoms with E-state index in [0.29, 0.717) is 39.0 Å². The van der Waals surface area contributed by atoms with Crippen LogP contribution in [0.25, 0.3) is 0 Å². The van der Waals surface area contributed by atoms with Crippen molar-refractivity contribution in [1.29, 1.82) is 0 Å². The lowest BCUT2D eigenvalue weighted by atomic mass is 10.0. The van der Waals surface area contributed by atoms with Crippen LogP contribution >= 0.6 is 0 Å². The van der Waals surface area contributed by atoms with Crippen molar-refractivity contribution in [2.75, 3.05) is 39.6 Å². The Hall–Kier alpha value is -1.34. The quantitative estimate of drug-likeness (QED) is 0.191. The predicted molar refractivity (Wildman–Crippen MR) is 98.0 cm³/mol. The van der Waals surface area contributed by atoms with E-state index in [1.807, 2.05) is 0 Å². The first kappa shape index (κ1) is 26.7. The summed E-state index contributed by atoms with van der Waals surface area (Å²) in [7, 11) is 0. The second-order valence-corrected chi connectivity index (χ2v) is 6.20. The van der Waals surface area contributed by atoms with E-state index in [0.717, 1.165) is 0 Å². The fraction of sp³-hybridized carbons (Fsp3) is 0.882. The van der Waals surface area contributed by atoms with Gasteiger partial charge >= 0.3 is 0 Å². The highest BCUT2D eigenvalue weighted by Gasteiger charge is 2.36. The van der Waals surface area contributed by atoms with Crippen molar-refractivity contribution in [1.82, 2.24) is 5.32 Å². The van der Waals surface area contributed by atoms with Crippen LogP contribution in [0.15, 0.2) is 0 Å². The molecule has 166 valence electrons. The monoisotopic (exact) mass is 410 g/mol. The van der Waals surface area contributed by atoms with Crippen LogP contribution in [0.3, 0.4) is 0 Å². The van der Waals surface area contributed by atoms with E-state index in [4.69, 9.17) is 24.4 Å². The zero-order chi connectivity index (χ0) is 21.4. The molecule has 0 unspecified atom stereocenters. The molecule has 0 aromatic rings. The first-order valence-electron chi connectivity index (χ1n) is 9.27. The normalized spacial score (nSPS) is 24.2. The Bertz CT molecular complexity index is 421. The predicted octanol–water partition coefficient (Wildman–Crippen LogP) is -2.38. The average molecular weight is 410 g/mol. The lowest BCUT2D eigenvalue weighted by molar-refractivity contribution is -0.256. The van der Waals surface area contributed by atoms with E-state index in [1.54, 1.807) is 0 Å². The Morgan fingerprint density at radius 3 is 2.46 bits per heavy atom. The van der Waals surface area contributed by atoms with Crippen molar-refractivity contribution < 1.29 is 44.2 Å². The van der Waals surface area contributed by atoms with Gasteiger partial charge in [-0.25, -0.2) is 0 Å². The SMILES string of the molecule is CC(N)=O.O=C(CCCCO[C@H]1C[C@@H](O)[C@@H](O)[C@@H](CO)O1)NCCOCCO. The fourth-order valence-electron chi connectivity index (χ4n) is 2.29. The maximum atomic E-state index is 11.5. The van der Waals surface area contributed by atoms with E-state index >= 15 is 0 Å². The number of aliphatic hydroxyl groups excluding tert-OH is 4. The van der Waals surface area contributed by atoms with E-state index in [2.05, 4.69) is 11.1 Å². The van der Waals surface area contributed by atoms with E-state index in [1.165, 1.54) is 6.92 Å². The van der Waals surface area contributed by atoms with Gasteiger partial charge in [-0.05, 0) is 12.8 Å². The third kappa shape index (κ3) is 13.8. The third-order valence-electron chi connectivity index (χ3n) is 3.62. The largest absolute Gasteiger partial charge is 0.394 e. The molecule has 11 nitrogen and oxygen atoms in total. The average Bonchev–Trinajstić information content (AvgIpc) is 2.63. The Labute approximate surface area is 164 Å². The minimum atomic E-state index is -1.11. The molecule has 0 radical (unpaired) electrons. The van der Waals surface area contributed by atoms with Crippen molar-refractivity contribution in [3.63, 3.8) is 0 Å². The molecular weight excluding hydrogens is 376 g/mol. The molecule has 1 rings (SSSR count). The molecule has 0 bridgehead atoms. The van der Waals surface area contributed by atoms with E-state index in [9.17, 15) is 19.8 Å². The molecule has 4 atom stereocenters. The van der Waals surface area contributed by atoms with Crippen LogP contribution in [0.5, 0.6) is 0 Å². The molecule has 28 heavy (non-hydrogen) atoms. The molecule has 0 aromatic heterocycles. The number of hydrogen-bond acceptors (Lipinski definition) is 9. The summed E-state index contributed by atoms with van der Waals surface area (Å²) in [6, 6.07) is 0. The van der Waals surface area contributed by atoms with Crippen LogP contribution < -0.4 is 11.1 Å². The first-order valence-corrected chi connectivity index (χ1v) is 9.27. The van der Waals surface area contributed by atoms with Crippen molar-refractivity contribution in [2.45, 2.75) is 57.2 Å². The summed E-state index contributed by atoms with van der Waals surface area (Å²) in [6.07, 6.45) is -1.81. The van der Waals surface area contributed by atoms with Gasteiger partial charge in [-0.3, -0.25) is 9.59 Å². The topological polar surface area (TPSA) is 181 Å². The molecule has 0 aromatic carbocycles. The molecule has 1 saturated heterocycles. The molecule has 2 amide bonds. The Kier molecular flexibility index (Phi) is 15.8. The maximum Gasteiger partial charge on any atom is 0.220 e. The second-order valence-electron chi connectivity index (χ2n) is 6.20. The van der Waals surface area contributed by atoms with Crippen molar-refractivity contribution in [3.8, 4) is 0 Å². The van der Waals surface area contributed by atoms with Crippen molar-refractivity contribution >= 4 is 11.8 Å². The van der Waals surface area contributed by atoms with Gasteiger partial charge in [-0.2, -0.15) is 0 Å². The summed E-state index contributed by atoms with van der Waals surface area (Å²) in [6.45, 7) is 2.29. The number of rotatable bonds is 12. The number of amides is 2. The number of primary amides is 1. The highest BCUT2D eigenvalue weighted by molar-refractivity contribution is 5.75. The van der Waals surface area contributed by atoms with Crippen molar-refractivity contribution in [2.24, 2.45) is 5.73 Å². The molecule has 11 heteroatoms. The lowest BCUT2D eigenvalue weighted by Gasteiger charge is -2.36.